The zero-order chi connectivity index (χ0) is 27.0. The summed E-state index contributed by atoms with van der Waals surface area (Å²) in [6.45, 7) is 11.3. The number of carbonyl (C=O) groups is 2. The van der Waals surface area contributed by atoms with Crippen molar-refractivity contribution in [1.29, 1.82) is 0 Å². The molecule has 1 fully saturated rings. The van der Waals surface area contributed by atoms with Crippen molar-refractivity contribution in [3.05, 3.63) is 94.3 Å². The molecule has 4 aromatic rings. The summed E-state index contributed by atoms with van der Waals surface area (Å²) in [5, 5.41) is 5.26. The molecule has 10 heteroatoms. The number of hydrogen-bond acceptors (Lipinski definition) is 5. The largest absolute Gasteiger partial charge is 0.442 e. The van der Waals surface area contributed by atoms with Gasteiger partial charge in [0.05, 0.1) is 24.7 Å². The third-order valence-corrected chi connectivity index (χ3v) is 6.32. The van der Waals surface area contributed by atoms with Crippen LogP contribution in [0.25, 0.3) is 27.4 Å². The smallest absolute Gasteiger partial charge is 0.408 e. The number of halogens is 2. The van der Waals surface area contributed by atoms with Crippen LogP contribution in [0.5, 0.6) is 0 Å². The van der Waals surface area contributed by atoms with Crippen molar-refractivity contribution in [3.63, 3.8) is 0 Å². The number of alkyl carbamates (subject to hydrolysis) is 1. The summed E-state index contributed by atoms with van der Waals surface area (Å²) < 4.78 is 38.2. The van der Waals surface area contributed by atoms with E-state index in [1.807, 2.05) is 13.8 Å². The molecule has 38 heavy (non-hydrogen) atoms. The molecule has 192 valence electrons. The Morgan fingerprint density at radius 2 is 1.89 bits per heavy atom. The highest BCUT2D eigenvalue weighted by Crippen LogP contribution is 2.34. The minimum Gasteiger partial charge on any atom is -0.442 e. The molecular weight excluding hydrogens is 494 g/mol. The van der Waals surface area contributed by atoms with Gasteiger partial charge in [-0.2, -0.15) is 0 Å². The summed E-state index contributed by atoms with van der Waals surface area (Å²) in [5.41, 5.74) is 3.93. The van der Waals surface area contributed by atoms with Gasteiger partial charge in [-0.25, -0.2) is 23.4 Å². The normalized spacial score (nSPS) is 16.8. The fraction of sp³-hybridized carbons (Fsp3) is 0.214. The standard InChI is InChI=1S/C28H22F2N4O4/c1-14(2)19-11-18(31-3)12-22-25(19)38-27(33-22)16-6-4-15(5-7-16)26(35)32-13-23-24(34-28(36)37-23)17-8-9-20(29)21(30)10-17/h4-12,14,23-24H,13H2,1-2H3,(H,32,35)(H,34,36)/t23-,24-/m1/s1. The number of oxazole rings is 1. The van der Waals surface area contributed by atoms with Gasteiger partial charge in [0.15, 0.2) is 22.9 Å². The molecule has 2 heterocycles. The van der Waals surface area contributed by atoms with E-state index in [0.717, 1.165) is 17.7 Å². The fourth-order valence-corrected chi connectivity index (χ4v) is 4.34. The van der Waals surface area contributed by atoms with Crippen molar-refractivity contribution in [1.82, 2.24) is 15.6 Å². The maximum Gasteiger partial charge on any atom is 0.408 e. The Kier molecular flexibility index (Phi) is 6.51. The Balaban J connectivity index is 1.30. The predicted octanol–water partition coefficient (Wildman–Crippen LogP) is 6.03. The second-order valence-electron chi connectivity index (χ2n) is 9.20. The number of rotatable bonds is 6. The molecule has 0 radical (unpaired) electrons. The van der Waals surface area contributed by atoms with E-state index < -0.39 is 35.8 Å². The lowest BCUT2D eigenvalue weighted by Gasteiger charge is -2.18. The van der Waals surface area contributed by atoms with E-state index in [4.69, 9.17) is 15.7 Å². The van der Waals surface area contributed by atoms with Crippen molar-refractivity contribution in [2.45, 2.75) is 31.9 Å². The van der Waals surface area contributed by atoms with Gasteiger partial charge in [-0.1, -0.05) is 19.9 Å². The molecule has 2 amide bonds. The molecule has 0 unspecified atom stereocenters. The molecule has 5 rings (SSSR count). The van der Waals surface area contributed by atoms with Crippen molar-refractivity contribution in [2.24, 2.45) is 0 Å². The lowest BCUT2D eigenvalue weighted by Crippen LogP contribution is -2.35. The third kappa shape index (κ3) is 4.78. The maximum atomic E-state index is 13.7. The van der Waals surface area contributed by atoms with E-state index >= 15 is 0 Å². The van der Waals surface area contributed by atoms with Crippen LogP contribution in [0.2, 0.25) is 0 Å². The molecule has 8 nitrogen and oxygen atoms in total. The molecule has 1 aliphatic heterocycles. The minimum absolute atomic E-state index is 0.0461. The van der Waals surface area contributed by atoms with E-state index in [1.165, 1.54) is 6.07 Å². The number of amides is 2. The van der Waals surface area contributed by atoms with Crippen LogP contribution >= 0.6 is 0 Å². The monoisotopic (exact) mass is 516 g/mol. The van der Waals surface area contributed by atoms with Crippen LogP contribution in [0.3, 0.4) is 0 Å². The highest BCUT2D eigenvalue weighted by molar-refractivity contribution is 5.94. The van der Waals surface area contributed by atoms with Crippen LogP contribution in [0.4, 0.5) is 19.3 Å². The molecule has 2 atom stereocenters. The van der Waals surface area contributed by atoms with Crippen molar-refractivity contribution >= 4 is 28.8 Å². The van der Waals surface area contributed by atoms with Crippen LogP contribution in [0.1, 0.15) is 47.3 Å². The first-order chi connectivity index (χ1) is 18.2. The molecule has 0 aliphatic carbocycles. The van der Waals surface area contributed by atoms with Gasteiger partial charge < -0.3 is 19.8 Å². The molecule has 1 saturated heterocycles. The molecule has 0 saturated carbocycles. The molecule has 2 N–H and O–H groups in total. The van der Waals surface area contributed by atoms with Gasteiger partial charge in [-0.15, -0.1) is 0 Å². The Morgan fingerprint density at radius 3 is 2.58 bits per heavy atom. The zero-order valence-electron chi connectivity index (χ0n) is 20.4. The lowest BCUT2D eigenvalue weighted by atomic mass is 10.0. The average molecular weight is 517 g/mol. The molecular formula is C28H22F2N4O4. The topological polar surface area (TPSA) is 97.8 Å². The molecule has 0 bridgehead atoms. The van der Waals surface area contributed by atoms with Gasteiger partial charge in [0.2, 0.25) is 5.89 Å². The van der Waals surface area contributed by atoms with E-state index in [-0.39, 0.29) is 12.5 Å². The molecule has 1 aliphatic rings. The first kappa shape index (κ1) is 24.9. The third-order valence-electron chi connectivity index (χ3n) is 6.32. The van der Waals surface area contributed by atoms with Crippen molar-refractivity contribution in [3.8, 4) is 11.5 Å². The number of cyclic esters (lactones) is 1. The summed E-state index contributed by atoms with van der Waals surface area (Å²) in [5.74, 6) is -1.95. The average Bonchev–Trinajstić information content (AvgIpc) is 3.51. The van der Waals surface area contributed by atoms with E-state index in [2.05, 4.69) is 20.5 Å². The number of nitrogens with zero attached hydrogens (tertiary/aromatic N) is 2. The summed E-state index contributed by atoms with van der Waals surface area (Å²) >= 11 is 0. The Labute approximate surface area is 216 Å². The van der Waals surface area contributed by atoms with Gasteiger partial charge >= 0.3 is 6.09 Å². The predicted molar refractivity (Wildman–Crippen MR) is 135 cm³/mol. The van der Waals surface area contributed by atoms with Gasteiger partial charge in [0.25, 0.3) is 5.91 Å². The second-order valence-corrected chi connectivity index (χ2v) is 9.20. The number of aromatic nitrogens is 1. The van der Waals surface area contributed by atoms with E-state index in [1.54, 1.807) is 36.4 Å². The van der Waals surface area contributed by atoms with E-state index in [0.29, 0.717) is 39.4 Å². The molecule has 3 aromatic carbocycles. The minimum atomic E-state index is -1.04. The van der Waals surface area contributed by atoms with Crippen LogP contribution in [-0.4, -0.2) is 29.6 Å². The van der Waals surface area contributed by atoms with Crippen molar-refractivity contribution < 1.29 is 27.5 Å². The van der Waals surface area contributed by atoms with Crippen molar-refractivity contribution in [2.75, 3.05) is 6.54 Å². The molecule has 0 spiro atoms. The van der Waals surface area contributed by atoms with E-state index in [9.17, 15) is 18.4 Å². The summed E-state index contributed by atoms with van der Waals surface area (Å²) in [6.07, 6.45) is -1.53. The number of hydrogen-bond donors (Lipinski definition) is 2. The van der Waals surface area contributed by atoms with Crippen LogP contribution in [0.15, 0.2) is 59.0 Å². The summed E-state index contributed by atoms with van der Waals surface area (Å²) in [4.78, 5) is 32.6. The first-order valence-electron chi connectivity index (χ1n) is 11.9. The van der Waals surface area contributed by atoms with Crippen LogP contribution < -0.4 is 10.6 Å². The maximum absolute atomic E-state index is 13.7. The summed E-state index contributed by atoms with van der Waals surface area (Å²) in [7, 11) is 0. The Bertz CT molecular complexity index is 1590. The van der Waals surface area contributed by atoms with Crippen LogP contribution in [-0.2, 0) is 4.74 Å². The number of nitrogens with one attached hydrogen (secondary N) is 2. The van der Waals surface area contributed by atoms with Gasteiger partial charge in [0.1, 0.15) is 6.10 Å². The first-order valence-corrected chi connectivity index (χ1v) is 11.9. The molecule has 1 aromatic heterocycles. The van der Waals surface area contributed by atoms with Gasteiger partial charge in [0, 0.05) is 11.1 Å². The van der Waals surface area contributed by atoms with Crippen LogP contribution in [0, 0.1) is 18.2 Å². The highest BCUT2D eigenvalue weighted by Gasteiger charge is 2.35. The lowest BCUT2D eigenvalue weighted by molar-refractivity contribution is 0.0902. The fourth-order valence-electron chi connectivity index (χ4n) is 4.34. The van der Waals surface area contributed by atoms with Gasteiger partial charge in [-0.05, 0) is 65.6 Å². The summed E-state index contributed by atoms with van der Waals surface area (Å²) in [6, 6.07) is 12.7. The Hall–Kier alpha value is -4.78. The number of carbonyl (C=O) groups excluding carboxylic acids is 2. The highest BCUT2D eigenvalue weighted by atomic mass is 19.2. The Morgan fingerprint density at radius 1 is 1.13 bits per heavy atom. The number of benzene rings is 3. The quantitative estimate of drug-likeness (QED) is 0.305. The number of ether oxygens (including phenoxy) is 1. The second kappa shape index (κ2) is 9.94. The zero-order valence-corrected chi connectivity index (χ0v) is 20.4. The van der Waals surface area contributed by atoms with Gasteiger partial charge in [-0.3, -0.25) is 4.79 Å². The SMILES string of the molecule is [C-]#[N+]c1cc(C(C)C)c2oc(-c3ccc(C(=O)NC[C@H]4OC(=O)N[C@@H]4c4ccc(F)c(F)c4)cc3)nc2c1. The number of fused-ring (bicyclic) bond motifs is 1.